The molecule has 5 atom stereocenters. The van der Waals surface area contributed by atoms with Gasteiger partial charge in [0.05, 0.1) is 25.4 Å². The second kappa shape index (κ2) is 4.38. The Bertz CT molecular complexity index is 366. The molecule has 1 heterocycles. The molecule has 1 saturated carbocycles. The van der Waals surface area contributed by atoms with Crippen LogP contribution in [-0.2, 0) is 16.1 Å². The van der Waals surface area contributed by atoms with Crippen LogP contribution < -0.4 is 0 Å². The van der Waals surface area contributed by atoms with Crippen LogP contribution in [0.25, 0.3) is 0 Å². The highest BCUT2D eigenvalue weighted by atomic mass is 16.6. The third-order valence-corrected chi connectivity index (χ3v) is 3.53. The number of benzene rings is 1. The van der Waals surface area contributed by atoms with E-state index in [1.807, 2.05) is 30.3 Å². The van der Waals surface area contributed by atoms with E-state index in [4.69, 9.17) is 9.47 Å². The summed E-state index contributed by atoms with van der Waals surface area (Å²) in [5.41, 5.74) is 1.09. The Morgan fingerprint density at radius 2 is 1.71 bits per heavy atom. The van der Waals surface area contributed by atoms with Crippen molar-refractivity contribution in [2.24, 2.45) is 5.92 Å². The molecule has 2 fully saturated rings. The van der Waals surface area contributed by atoms with E-state index in [0.717, 1.165) is 5.56 Å². The van der Waals surface area contributed by atoms with E-state index in [1.165, 1.54) is 0 Å². The minimum atomic E-state index is -0.592. The third-order valence-electron chi connectivity index (χ3n) is 3.53. The lowest BCUT2D eigenvalue weighted by atomic mass is 10.0. The molecular weight excluding hydrogens is 220 g/mol. The van der Waals surface area contributed by atoms with Gasteiger partial charge in [0, 0.05) is 5.92 Å². The number of hydrogen-bond acceptors (Lipinski definition) is 4. The summed E-state index contributed by atoms with van der Waals surface area (Å²) in [7, 11) is 0. The predicted octanol–water partition coefficient (Wildman–Crippen LogP) is 0.322. The molecule has 17 heavy (non-hydrogen) atoms. The van der Waals surface area contributed by atoms with E-state index < -0.39 is 12.2 Å². The van der Waals surface area contributed by atoms with Crippen molar-refractivity contribution in [3.05, 3.63) is 35.9 Å². The molecular formula is C13H16O4. The zero-order valence-electron chi connectivity index (χ0n) is 9.40. The Balaban J connectivity index is 1.49. The van der Waals surface area contributed by atoms with E-state index in [1.54, 1.807) is 0 Å². The minimum Gasteiger partial charge on any atom is -0.390 e. The van der Waals surface area contributed by atoms with Gasteiger partial charge in [0.25, 0.3) is 0 Å². The van der Waals surface area contributed by atoms with Crippen LogP contribution in [0, 0.1) is 5.92 Å². The first kappa shape index (κ1) is 11.2. The number of hydrogen-bond donors (Lipinski definition) is 2. The summed E-state index contributed by atoms with van der Waals surface area (Å²) in [6.45, 7) is 0.876. The molecule has 4 nitrogen and oxygen atoms in total. The third kappa shape index (κ3) is 2.09. The fourth-order valence-corrected chi connectivity index (χ4v) is 2.46. The Morgan fingerprint density at radius 1 is 1.06 bits per heavy atom. The summed E-state index contributed by atoms with van der Waals surface area (Å²) in [5.74, 6) is -0.220. The number of ether oxygens (including phenoxy) is 2. The maximum absolute atomic E-state index is 9.80. The van der Waals surface area contributed by atoms with E-state index in [2.05, 4.69) is 0 Å². The van der Waals surface area contributed by atoms with Crippen LogP contribution in [0.4, 0.5) is 0 Å². The lowest BCUT2D eigenvalue weighted by Gasteiger charge is -2.20. The maximum atomic E-state index is 9.80. The molecule has 1 aliphatic heterocycles. The van der Waals surface area contributed by atoms with Gasteiger partial charge in [-0.25, -0.2) is 0 Å². The van der Waals surface area contributed by atoms with E-state index in [0.29, 0.717) is 13.2 Å². The van der Waals surface area contributed by atoms with Crippen LogP contribution in [0.3, 0.4) is 0 Å². The first-order valence-electron chi connectivity index (χ1n) is 5.90. The average molecular weight is 236 g/mol. The monoisotopic (exact) mass is 236 g/mol. The van der Waals surface area contributed by atoms with Crippen LogP contribution in [0.1, 0.15) is 5.56 Å². The molecule has 0 aromatic heterocycles. The second-order valence-electron chi connectivity index (χ2n) is 4.71. The summed E-state index contributed by atoms with van der Waals surface area (Å²) in [5, 5.41) is 19.6. The van der Waals surface area contributed by atoms with Crippen LogP contribution >= 0.6 is 0 Å². The van der Waals surface area contributed by atoms with Crippen molar-refractivity contribution in [3.63, 3.8) is 0 Å². The topological polar surface area (TPSA) is 62.2 Å². The van der Waals surface area contributed by atoms with Gasteiger partial charge in [0.1, 0.15) is 12.2 Å². The van der Waals surface area contributed by atoms with Crippen molar-refractivity contribution < 1.29 is 19.7 Å². The number of aliphatic hydroxyl groups is 2. The summed E-state index contributed by atoms with van der Waals surface area (Å²) in [6, 6.07) is 9.85. The van der Waals surface area contributed by atoms with Gasteiger partial charge in [-0.2, -0.15) is 0 Å². The molecule has 2 aliphatic rings. The van der Waals surface area contributed by atoms with Gasteiger partial charge in [-0.3, -0.25) is 0 Å². The fourth-order valence-electron chi connectivity index (χ4n) is 2.46. The molecule has 2 N–H and O–H groups in total. The Kier molecular flexibility index (Phi) is 2.88. The Hall–Kier alpha value is -0.940. The SMILES string of the molecule is O[C@@H]1C(COCc2ccccc2)[C@H](O)[C@H]2O[C@H]21. The lowest BCUT2D eigenvalue weighted by Crippen LogP contribution is -2.33. The molecule has 1 aliphatic carbocycles. The van der Waals surface area contributed by atoms with Gasteiger partial charge in [0.15, 0.2) is 0 Å². The molecule has 0 radical (unpaired) electrons. The molecule has 3 rings (SSSR count). The number of aliphatic hydroxyl groups excluding tert-OH is 2. The number of fused-ring (bicyclic) bond motifs is 1. The molecule has 1 aromatic rings. The van der Waals surface area contributed by atoms with Gasteiger partial charge < -0.3 is 19.7 Å². The van der Waals surface area contributed by atoms with E-state index >= 15 is 0 Å². The quantitative estimate of drug-likeness (QED) is 0.739. The van der Waals surface area contributed by atoms with Crippen molar-refractivity contribution >= 4 is 0 Å². The highest BCUT2D eigenvalue weighted by Crippen LogP contribution is 2.42. The highest BCUT2D eigenvalue weighted by Gasteiger charge is 2.61. The Labute approximate surface area is 99.8 Å². The van der Waals surface area contributed by atoms with Crippen molar-refractivity contribution in [2.75, 3.05) is 6.61 Å². The molecule has 4 heteroatoms. The normalized spacial score (nSPS) is 39.1. The summed E-state index contributed by atoms with van der Waals surface area (Å²) in [4.78, 5) is 0. The first-order valence-corrected chi connectivity index (χ1v) is 5.90. The lowest BCUT2D eigenvalue weighted by molar-refractivity contribution is -0.0509. The average Bonchev–Trinajstić information content (AvgIpc) is 3.10. The molecule has 0 spiro atoms. The highest BCUT2D eigenvalue weighted by molar-refractivity contribution is 5.13. The van der Waals surface area contributed by atoms with Crippen molar-refractivity contribution in [2.45, 2.75) is 31.0 Å². The molecule has 0 amide bonds. The van der Waals surface area contributed by atoms with Crippen LogP contribution in [0.2, 0.25) is 0 Å². The van der Waals surface area contributed by atoms with Crippen molar-refractivity contribution in [1.29, 1.82) is 0 Å². The van der Waals surface area contributed by atoms with E-state index in [9.17, 15) is 10.2 Å². The minimum absolute atomic E-state index is 0.171. The molecule has 1 aromatic carbocycles. The fraction of sp³-hybridized carbons (Fsp3) is 0.538. The van der Waals surface area contributed by atoms with Gasteiger partial charge in [-0.1, -0.05) is 30.3 Å². The smallest absolute Gasteiger partial charge is 0.113 e. The van der Waals surface area contributed by atoms with Gasteiger partial charge in [-0.15, -0.1) is 0 Å². The molecule has 92 valence electrons. The van der Waals surface area contributed by atoms with Crippen molar-refractivity contribution in [3.8, 4) is 0 Å². The standard InChI is InChI=1S/C13H16O4/c14-10-9(11(15)13-12(10)17-13)7-16-6-8-4-2-1-3-5-8/h1-5,9-15H,6-7H2/t9?,10-,11+,12+,13-. The largest absolute Gasteiger partial charge is 0.390 e. The zero-order chi connectivity index (χ0) is 11.8. The van der Waals surface area contributed by atoms with Gasteiger partial charge >= 0.3 is 0 Å². The summed E-state index contributed by atoms with van der Waals surface area (Å²) >= 11 is 0. The van der Waals surface area contributed by atoms with Crippen LogP contribution in [0.15, 0.2) is 30.3 Å². The van der Waals surface area contributed by atoms with Gasteiger partial charge in [0.2, 0.25) is 0 Å². The predicted molar refractivity (Wildman–Crippen MR) is 60.3 cm³/mol. The molecule has 1 unspecified atom stereocenters. The number of epoxide rings is 1. The Morgan fingerprint density at radius 3 is 2.35 bits per heavy atom. The van der Waals surface area contributed by atoms with Gasteiger partial charge in [-0.05, 0) is 5.56 Å². The molecule has 0 bridgehead atoms. The first-order chi connectivity index (χ1) is 8.27. The van der Waals surface area contributed by atoms with Crippen molar-refractivity contribution in [1.82, 2.24) is 0 Å². The zero-order valence-corrected chi connectivity index (χ0v) is 9.40. The summed E-state index contributed by atoms with van der Waals surface area (Å²) in [6.07, 6.45) is -1.53. The number of rotatable bonds is 4. The second-order valence-corrected chi connectivity index (χ2v) is 4.71. The van der Waals surface area contributed by atoms with E-state index in [-0.39, 0.29) is 18.1 Å². The maximum Gasteiger partial charge on any atom is 0.113 e. The molecule has 1 saturated heterocycles. The summed E-state index contributed by atoms with van der Waals surface area (Å²) < 4.78 is 10.7. The van der Waals surface area contributed by atoms with Crippen LogP contribution in [0.5, 0.6) is 0 Å². The van der Waals surface area contributed by atoms with Crippen LogP contribution in [-0.4, -0.2) is 41.2 Å².